The number of aromatic nitrogens is 4. The molecule has 3 aromatic heterocycles. The maximum Gasteiger partial charge on any atom is 0.253 e. The number of anilines is 1. The van der Waals surface area contributed by atoms with Crippen LogP contribution in [0.15, 0.2) is 36.1 Å². The summed E-state index contributed by atoms with van der Waals surface area (Å²) in [4.78, 5) is 21.0. The molecule has 0 radical (unpaired) electrons. The highest BCUT2D eigenvalue weighted by Gasteiger charge is 2.10. The minimum atomic E-state index is -0.155. The molecule has 1 atom stereocenters. The number of hydrogen-bond donors (Lipinski definition) is 2. The lowest BCUT2D eigenvalue weighted by Crippen LogP contribution is -2.23. The fraction of sp³-hybridized carbons (Fsp3) is 0.333. The molecule has 0 saturated heterocycles. The molecule has 2 N–H and O–H groups in total. The predicted octanol–water partition coefficient (Wildman–Crippen LogP) is 2.94. The SMILES string of the molecule is CCc1csc(CNC(=O)c2ccc(N[C@H](C)c3cnn(C)c3)nc2)n1. The minimum absolute atomic E-state index is 0.0774. The van der Waals surface area contributed by atoms with Gasteiger partial charge in [0.15, 0.2) is 0 Å². The van der Waals surface area contributed by atoms with Crippen LogP contribution in [0.25, 0.3) is 0 Å². The topological polar surface area (TPSA) is 84.7 Å². The van der Waals surface area contributed by atoms with Crippen molar-refractivity contribution in [2.75, 3.05) is 5.32 Å². The molecule has 0 aliphatic heterocycles. The van der Waals surface area contributed by atoms with E-state index in [0.29, 0.717) is 17.9 Å². The molecule has 3 aromatic rings. The van der Waals surface area contributed by atoms with Crippen LogP contribution >= 0.6 is 11.3 Å². The number of pyridine rings is 1. The van der Waals surface area contributed by atoms with Gasteiger partial charge < -0.3 is 10.6 Å². The first kappa shape index (κ1) is 18.1. The first-order valence-corrected chi connectivity index (χ1v) is 9.35. The summed E-state index contributed by atoms with van der Waals surface area (Å²) >= 11 is 1.56. The Morgan fingerprint density at radius 3 is 2.81 bits per heavy atom. The predicted molar refractivity (Wildman–Crippen MR) is 102 cm³/mol. The normalized spacial score (nSPS) is 12.0. The molecule has 7 nitrogen and oxygen atoms in total. The lowest BCUT2D eigenvalue weighted by molar-refractivity contribution is 0.0950. The quantitative estimate of drug-likeness (QED) is 0.668. The van der Waals surface area contributed by atoms with Gasteiger partial charge in [0, 0.05) is 30.4 Å². The number of carbonyl (C=O) groups excluding carboxylic acids is 1. The largest absolute Gasteiger partial charge is 0.363 e. The third kappa shape index (κ3) is 4.45. The van der Waals surface area contributed by atoms with Crippen molar-refractivity contribution in [1.82, 2.24) is 25.1 Å². The van der Waals surface area contributed by atoms with Crippen LogP contribution in [0.3, 0.4) is 0 Å². The van der Waals surface area contributed by atoms with Gasteiger partial charge in [-0.2, -0.15) is 5.10 Å². The van der Waals surface area contributed by atoms with Crippen LogP contribution in [0.5, 0.6) is 0 Å². The maximum absolute atomic E-state index is 12.2. The standard InChI is InChI=1S/C18H22N6OS/c1-4-15-11-26-17(23-15)9-20-18(25)13-5-6-16(19-7-13)22-12(2)14-8-21-24(3)10-14/h5-8,10-12H,4,9H2,1-3H3,(H,19,22)(H,20,25)/t12-/m1/s1. The molecule has 0 aliphatic carbocycles. The van der Waals surface area contributed by atoms with E-state index in [1.54, 1.807) is 34.3 Å². The van der Waals surface area contributed by atoms with Gasteiger partial charge in [0.2, 0.25) is 0 Å². The number of rotatable bonds is 7. The molecule has 0 aliphatic rings. The summed E-state index contributed by atoms with van der Waals surface area (Å²) in [5.74, 6) is 0.558. The van der Waals surface area contributed by atoms with E-state index in [4.69, 9.17) is 0 Å². The van der Waals surface area contributed by atoms with Crippen molar-refractivity contribution in [2.45, 2.75) is 32.9 Å². The molecular weight excluding hydrogens is 348 g/mol. The number of nitrogens with zero attached hydrogens (tertiary/aromatic N) is 4. The first-order valence-electron chi connectivity index (χ1n) is 8.47. The Kier molecular flexibility index (Phi) is 5.62. The summed E-state index contributed by atoms with van der Waals surface area (Å²) < 4.78 is 1.76. The first-order chi connectivity index (χ1) is 12.5. The Bertz CT molecular complexity index is 870. The van der Waals surface area contributed by atoms with Crippen molar-refractivity contribution < 1.29 is 4.79 Å². The zero-order valence-corrected chi connectivity index (χ0v) is 15.9. The van der Waals surface area contributed by atoms with Crippen molar-refractivity contribution in [3.05, 3.63) is 57.9 Å². The van der Waals surface area contributed by atoms with Crippen LogP contribution in [0.2, 0.25) is 0 Å². The monoisotopic (exact) mass is 370 g/mol. The third-order valence-electron chi connectivity index (χ3n) is 3.98. The van der Waals surface area contributed by atoms with Crippen molar-refractivity contribution in [2.24, 2.45) is 7.05 Å². The number of nitrogens with one attached hydrogen (secondary N) is 2. The fourth-order valence-corrected chi connectivity index (χ4v) is 3.25. The van der Waals surface area contributed by atoms with Gasteiger partial charge in [0.1, 0.15) is 10.8 Å². The van der Waals surface area contributed by atoms with Gasteiger partial charge in [-0.15, -0.1) is 11.3 Å². The Labute approximate surface area is 156 Å². The zero-order valence-electron chi connectivity index (χ0n) is 15.1. The molecular formula is C18H22N6OS. The van der Waals surface area contributed by atoms with Crippen LogP contribution in [-0.4, -0.2) is 25.7 Å². The number of aryl methyl sites for hydroxylation is 2. The molecule has 3 heterocycles. The molecule has 3 rings (SSSR count). The highest BCUT2D eigenvalue weighted by molar-refractivity contribution is 7.09. The third-order valence-corrected chi connectivity index (χ3v) is 4.87. The highest BCUT2D eigenvalue weighted by atomic mass is 32.1. The number of hydrogen-bond acceptors (Lipinski definition) is 6. The van der Waals surface area contributed by atoms with Gasteiger partial charge in [-0.25, -0.2) is 9.97 Å². The molecule has 0 unspecified atom stereocenters. The zero-order chi connectivity index (χ0) is 18.5. The number of amides is 1. The molecule has 0 spiro atoms. The number of thiazole rings is 1. The lowest BCUT2D eigenvalue weighted by atomic mass is 10.2. The van der Waals surface area contributed by atoms with E-state index >= 15 is 0 Å². The Hall–Kier alpha value is -2.74. The van der Waals surface area contributed by atoms with Crippen molar-refractivity contribution >= 4 is 23.1 Å². The molecule has 0 bridgehead atoms. The molecule has 0 saturated carbocycles. The van der Waals surface area contributed by atoms with E-state index in [2.05, 4.69) is 32.6 Å². The Morgan fingerprint density at radius 2 is 2.19 bits per heavy atom. The fourth-order valence-electron chi connectivity index (χ4n) is 2.43. The van der Waals surface area contributed by atoms with E-state index < -0.39 is 0 Å². The second kappa shape index (κ2) is 8.09. The summed E-state index contributed by atoms with van der Waals surface area (Å²) in [5, 5.41) is 13.3. The van der Waals surface area contributed by atoms with Crippen LogP contribution in [0.4, 0.5) is 5.82 Å². The molecule has 8 heteroatoms. The van der Waals surface area contributed by atoms with Crippen LogP contribution < -0.4 is 10.6 Å². The van der Waals surface area contributed by atoms with E-state index in [1.165, 1.54) is 0 Å². The molecule has 136 valence electrons. The molecule has 26 heavy (non-hydrogen) atoms. The second-order valence-electron chi connectivity index (χ2n) is 6.01. The summed E-state index contributed by atoms with van der Waals surface area (Å²) in [5.41, 5.74) is 2.65. The second-order valence-corrected chi connectivity index (χ2v) is 6.96. The maximum atomic E-state index is 12.2. The summed E-state index contributed by atoms with van der Waals surface area (Å²) in [6.07, 6.45) is 6.26. The van der Waals surface area contributed by atoms with Gasteiger partial charge in [0.25, 0.3) is 5.91 Å². The van der Waals surface area contributed by atoms with Crippen molar-refractivity contribution in [3.8, 4) is 0 Å². The van der Waals surface area contributed by atoms with Crippen LogP contribution in [0, 0.1) is 0 Å². The van der Waals surface area contributed by atoms with E-state index in [0.717, 1.165) is 22.7 Å². The molecule has 0 aromatic carbocycles. The van der Waals surface area contributed by atoms with Gasteiger partial charge in [-0.1, -0.05) is 6.92 Å². The van der Waals surface area contributed by atoms with Gasteiger partial charge in [-0.05, 0) is 25.5 Å². The van der Waals surface area contributed by atoms with E-state index in [1.807, 2.05) is 31.7 Å². The Balaban J connectivity index is 1.55. The van der Waals surface area contributed by atoms with E-state index in [-0.39, 0.29) is 11.9 Å². The van der Waals surface area contributed by atoms with Crippen LogP contribution in [0.1, 0.15) is 46.5 Å². The lowest BCUT2D eigenvalue weighted by Gasteiger charge is -2.13. The molecule has 1 amide bonds. The van der Waals surface area contributed by atoms with E-state index in [9.17, 15) is 4.79 Å². The van der Waals surface area contributed by atoms with Crippen molar-refractivity contribution in [3.63, 3.8) is 0 Å². The Morgan fingerprint density at radius 1 is 1.35 bits per heavy atom. The van der Waals surface area contributed by atoms with Crippen LogP contribution in [-0.2, 0) is 20.0 Å². The minimum Gasteiger partial charge on any atom is -0.363 e. The van der Waals surface area contributed by atoms with Gasteiger partial charge in [0.05, 0.1) is 30.0 Å². The van der Waals surface area contributed by atoms with Gasteiger partial charge >= 0.3 is 0 Å². The highest BCUT2D eigenvalue weighted by Crippen LogP contribution is 2.17. The smallest absolute Gasteiger partial charge is 0.253 e. The van der Waals surface area contributed by atoms with Crippen molar-refractivity contribution in [1.29, 1.82) is 0 Å². The van der Waals surface area contributed by atoms with Gasteiger partial charge in [-0.3, -0.25) is 9.48 Å². The average molecular weight is 370 g/mol. The summed E-state index contributed by atoms with van der Waals surface area (Å²) in [7, 11) is 1.89. The summed E-state index contributed by atoms with van der Waals surface area (Å²) in [6, 6.07) is 3.65. The number of carbonyl (C=O) groups is 1. The summed E-state index contributed by atoms with van der Waals surface area (Å²) in [6.45, 7) is 4.53. The average Bonchev–Trinajstić information content (AvgIpc) is 3.29. The molecule has 0 fully saturated rings.